The maximum atomic E-state index is 5.53. The second-order valence-corrected chi connectivity index (χ2v) is 4.55. The summed E-state index contributed by atoms with van der Waals surface area (Å²) in [5.41, 5.74) is 6.31. The minimum atomic E-state index is 0.705. The van der Waals surface area contributed by atoms with Gasteiger partial charge in [0.05, 0.1) is 0 Å². The van der Waals surface area contributed by atoms with Gasteiger partial charge in [-0.3, -0.25) is 0 Å². The molecule has 0 unspecified atom stereocenters. The third-order valence-corrected chi connectivity index (χ3v) is 3.56. The van der Waals surface area contributed by atoms with E-state index in [1.165, 1.54) is 11.3 Å². The van der Waals surface area contributed by atoms with Crippen molar-refractivity contribution in [3.8, 4) is 0 Å². The van der Waals surface area contributed by atoms with Gasteiger partial charge in [-0.2, -0.15) is 0 Å². The Hall–Kier alpha value is -2.14. The van der Waals surface area contributed by atoms with Gasteiger partial charge in [-0.05, 0) is 24.5 Å². The molecule has 19 heavy (non-hydrogen) atoms. The Morgan fingerprint density at radius 3 is 2.95 bits per heavy atom. The lowest BCUT2D eigenvalue weighted by atomic mass is 10.1. The summed E-state index contributed by atoms with van der Waals surface area (Å²) in [4.78, 5) is 10.9. The average molecular weight is 255 g/mol. The SMILES string of the molecule is CCc1c(NN)ncnc1N1CCc2ccccc21. The highest BCUT2D eigenvalue weighted by Gasteiger charge is 2.23. The molecule has 0 atom stereocenters. The molecule has 0 fully saturated rings. The molecule has 1 aromatic heterocycles. The highest BCUT2D eigenvalue weighted by molar-refractivity contribution is 5.72. The average Bonchev–Trinajstić information content (AvgIpc) is 2.90. The van der Waals surface area contributed by atoms with Crippen LogP contribution in [-0.2, 0) is 12.8 Å². The van der Waals surface area contributed by atoms with Gasteiger partial charge in [0.1, 0.15) is 18.0 Å². The molecule has 0 saturated heterocycles. The van der Waals surface area contributed by atoms with Gasteiger partial charge in [0, 0.05) is 17.8 Å². The summed E-state index contributed by atoms with van der Waals surface area (Å²) in [5, 5.41) is 0. The van der Waals surface area contributed by atoms with E-state index in [0.29, 0.717) is 5.82 Å². The quantitative estimate of drug-likeness (QED) is 0.649. The minimum Gasteiger partial charge on any atom is -0.325 e. The highest BCUT2D eigenvalue weighted by Crippen LogP contribution is 2.36. The lowest BCUT2D eigenvalue weighted by molar-refractivity contribution is 0.933. The van der Waals surface area contributed by atoms with Crippen molar-refractivity contribution in [1.82, 2.24) is 9.97 Å². The molecule has 3 N–H and O–H groups in total. The monoisotopic (exact) mass is 255 g/mol. The first-order valence-electron chi connectivity index (χ1n) is 6.51. The number of aromatic nitrogens is 2. The molecule has 0 bridgehead atoms. The van der Waals surface area contributed by atoms with Gasteiger partial charge in [0.2, 0.25) is 0 Å². The van der Waals surface area contributed by atoms with Crippen molar-refractivity contribution in [2.24, 2.45) is 5.84 Å². The van der Waals surface area contributed by atoms with Crippen LogP contribution in [0.15, 0.2) is 30.6 Å². The molecule has 1 aliphatic heterocycles. The van der Waals surface area contributed by atoms with Gasteiger partial charge >= 0.3 is 0 Å². The first kappa shape index (κ1) is 11.9. The smallest absolute Gasteiger partial charge is 0.148 e. The Morgan fingerprint density at radius 2 is 2.16 bits per heavy atom. The van der Waals surface area contributed by atoms with Gasteiger partial charge in [-0.15, -0.1) is 0 Å². The third kappa shape index (κ3) is 1.92. The number of nitrogen functional groups attached to an aromatic ring is 1. The zero-order valence-corrected chi connectivity index (χ0v) is 10.9. The van der Waals surface area contributed by atoms with E-state index in [0.717, 1.165) is 30.8 Å². The largest absolute Gasteiger partial charge is 0.325 e. The topological polar surface area (TPSA) is 67.1 Å². The van der Waals surface area contributed by atoms with E-state index in [-0.39, 0.29) is 0 Å². The number of nitrogens with zero attached hydrogens (tertiary/aromatic N) is 3. The predicted octanol–water partition coefficient (Wildman–Crippen LogP) is 2.02. The number of anilines is 3. The molecule has 0 aliphatic carbocycles. The molecule has 2 heterocycles. The summed E-state index contributed by atoms with van der Waals surface area (Å²) in [6, 6.07) is 8.45. The van der Waals surface area contributed by atoms with Gasteiger partial charge in [0.15, 0.2) is 0 Å². The summed E-state index contributed by atoms with van der Waals surface area (Å²) >= 11 is 0. The third-order valence-electron chi connectivity index (χ3n) is 3.56. The number of para-hydroxylation sites is 1. The molecule has 0 amide bonds. The van der Waals surface area contributed by atoms with Crippen LogP contribution >= 0.6 is 0 Å². The van der Waals surface area contributed by atoms with Crippen LogP contribution in [0.1, 0.15) is 18.1 Å². The zero-order valence-electron chi connectivity index (χ0n) is 10.9. The van der Waals surface area contributed by atoms with E-state index in [4.69, 9.17) is 5.84 Å². The highest BCUT2D eigenvalue weighted by atomic mass is 15.3. The molecule has 98 valence electrons. The first-order chi connectivity index (χ1) is 9.35. The molecule has 1 aromatic carbocycles. The van der Waals surface area contributed by atoms with Crippen molar-refractivity contribution in [2.75, 3.05) is 16.9 Å². The van der Waals surface area contributed by atoms with Crippen molar-refractivity contribution in [2.45, 2.75) is 19.8 Å². The van der Waals surface area contributed by atoms with Crippen LogP contribution in [0.4, 0.5) is 17.3 Å². The second kappa shape index (κ2) is 4.85. The lowest BCUT2D eigenvalue weighted by Gasteiger charge is -2.22. The summed E-state index contributed by atoms with van der Waals surface area (Å²) in [5.74, 6) is 7.19. The van der Waals surface area contributed by atoms with Gasteiger partial charge in [0.25, 0.3) is 0 Å². The summed E-state index contributed by atoms with van der Waals surface area (Å²) in [7, 11) is 0. The van der Waals surface area contributed by atoms with Gasteiger partial charge in [-0.25, -0.2) is 15.8 Å². The molecular weight excluding hydrogens is 238 g/mol. The second-order valence-electron chi connectivity index (χ2n) is 4.55. The molecule has 0 radical (unpaired) electrons. The fourth-order valence-corrected chi connectivity index (χ4v) is 2.64. The van der Waals surface area contributed by atoms with Crippen molar-refractivity contribution < 1.29 is 0 Å². The van der Waals surface area contributed by atoms with Crippen LogP contribution in [0, 0.1) is 0 Å². The molecule has 0 spiro atoms. The number of nitrogens with two attached hydrogens (primary N) is 1. The molecule has 5 heteroatoms. The predicted molar refractivity (Wildman–Crippen MR) is 76.4 cm³/mol. The Labute approximate surface area is 112 Å². The number of benzene rings is 1. The number of rotatable bonds is 3. The summed E-state index contributed by atoms with van der Waals surface area (Å²) in [6.07, 6.45) is 3.45. The number of hydrogen-bond acceptors (Lipinski definition) is 5. The van der Waals surface area contributed by atoms with E-state index < -0.39 is 0 Å². The molecule has 0 saturated carbocycles. The van der Waals surface area contributed by atoms with Crippen LogP contribution in [0.3, 0.4) is 0 Å². The normalized spacial score (nSPS) is 13.5. The Kier molecular flexibility index (Phi) is 3.05. The van der Waals surface area contributed by atoms with E-state index in [2.05, 4.69) is 51.5 Å². The number of fused-ring (bicyclic) bond motifs is 1. The minimum absolute atomic E-state index is 0.705. The van der Waals surface area contributed by atoms with Crippen LogP contribution < -0.4 is 16.2 Å². The van der Waals surface area contributed by atoms with E-state index in [1.54, 1.807) is 6.33 Å². The summed E-state index contributed by atoms with van der Waals surface area (Å²) < 4.78 is 0. The lowest BCUT2D eigenvalue weighted by Crippen LogP contribution is -2.19. The van der Waals surface area contributed by atoms with Crippen molar-refractivity contribution in [3.05, 3.63) is 41.7 Å². The van der Waals surface area contributed by atoms with Crippen LogP contribution in [0.2, 0.25) is 0 Å². The van der Waals surface area contributed by atoms with E-state index >= 15 is 0 Å². The van der Waals surface area contributed by atoms with Crippen molar-refractivity contribution in [3.63, 3.8) is 0 Å². The van der Waals surface area contributed by atoms with Gasteiger partial charge < -0.3 is 10.3 Å². The fourth-order valence-electron chi connectivity index (χ4n) is 2.64. The van der Waals surface area contributed by atoms with E-state index in [9.17, 15) is 0 Å². The van der Waals surface area contributed by atoms with Crippen molar-refractivity contribution in [1.29, 1.82) is 0 Å². The number of hydrazine groups is 1. The molecule has 1 aliphatic rings. The molecule has 2 aromatic rings. The number of nitrogens with one attached hydrogen (secondary N) is 1. The Morgan fingerprint density at radius 1 is 1.32 bits per heavy atom. The van der Waals surface area contributed by atoms with Crippen LogP contribution in [-0.4, -0.2) is 16.5 Å². The standard InChI is InChI=1S/C14H17N5/c1-2-11-13(18-15)16-9-17-14(11)19-8-7-10-5-3-4-6-12(10)19/h3-6,9H,2,7-8,15H2,1H3,(H,16,17,18). The summed E-state index contributed by atoms with van der Waals surface area (Å²) in [6.45, 7) is 3.04. The Bertz CT molecular complexity index is 596. The van der Waals surface area contributed by atoms with E-state index in [1.807, 2.05) is 0 Å². The Balaban J connectivity index is 2.09. The number of hydrogen-bond donors (Lipinski definition) is 2. The molecule has 3 rings (SSSR count). The van der Waals surface area contributed by atoms with Crippen molar-refractivity contribution >= 4 is 17.3 Å². The first-order valence-corrected chi connectivity index (χ1v) is 6.51. The maximum absolute atomic E-state index is 5.53. The van der Waals surface area contributed by atoms with Gasteiger partial charge in [-0.1, -0.05) is 25.1 Å². The van der Waals surface area contributed by atoms with Crippen LogP contribution in [0.5, 0.6) is 0 Å². The van der Waals surface area contributed by atoms with Crippen LogP contribution in [0.25, 0.3) is 0 Å². The molecular formula is C14H17N5. The fraction of sp³-hybridized carbons (Fsp3) is 0.286. The zero-order chi connectivity index (χ0) is 13.2. The maximum Gasteiger partial charge on any atom is 0.148 e. The molecule has 5 nitrogen and oxygen atoms in total.